The Kier molecular flexibility index (Phi) is 7.67. The number of rotatable bonds is 7. The number of alkyl halides is 6. The summed E-state index contributed by atoms with van der Waals surface area (Å²) in [6.45, 7) is 1.71. The summed E-state index contributed by atoms with van der Waals surface area (Å²) in [6, 6.07) is 0. The van der Waals surface area contributed by atoms with Gasteiger partial charge in [0.05, 0.1) is 6.61 Å². The number of carbonyl (C=O) groups is 1. The highest BCUT2D eigenvalue weighted by Gasteiger charge is 2.29. The van der Waals surface area contributed by atoms with Gasteiger partial charge in [-0.3, -0.25) is 0 Å². The van der Waals surface area contributed by atoms with Gasteiger partial charge in [-0.2, -0.15) is 26.3 Å². The van der Waals surface area contributed by atoms with Crippen LogP contribution in [0.15, 0.2) is 11.6 Å². The van der Waals surface area contributed by atoms with Crippen LogP contribution in [0.2, 0.25) is 0 Å². The molecule has 0 saturated heterocycles. The molecule has 0 unspecified atom stereocenters. The van der Waals surface area contributed by atoms with Crippen LogP contribution in [0.3, 0.4) is 0 Å². The van der Waals surface area contributed by atoms with Gasteiger partial charge in [0.15, 0.2) is 0 Å². The van der Waals surface area contributed by atoms with E-state index < -0.39 is 44.0 Å². The summed E-state index contributed by atoms with van der Waals surface area (Å²) < 4.78 is 76.8. The number of esters is 1. The molecule has 0 fully saturated rings. The molecule has 0 heterocycles. The Morgan fingerprint density at radius 2 is 1.60 bits per heavy atom. The van der Waals surface area contributed by atoms with Gasteiger partial charge in [0.25, 0.3) is 0 Å². The van der Waals surface area contributed by atoms with Crippen LogP contribution in [0, 0.1) is 0 Å². The molecule has 20 heavy (non-hydrogen) atoms. The molecule has 0 radical (unpaired) electrons. The van der Waals surface area contributed by atoms with E-state index in [1.807, 2.05) is 0 Å². The van der Waals surface area contributed by atoms with Crippen molar-refractivity contribution in [2.45, 2.75) is 51.4 Å². The Morgan fingerprint density at radius 1 is 1.05 bits per heavy atom. The van der Waals surface area contributed by atoms with Crippen LogP contribution in [-0.4, -0.2) is 24.9 Å². The third-order valence-electron chi connectivity index (χ3n) is 2.20. The van der Waals surface area contributed by atoms with Gasteiger partial charge in [0.2, 0.25) is 0 Å². The van der Waals surface area contributed by atoms with Crippen molar-refractivity contribution in [2.75, 3.05) is 6.61 Å². The van der Waals surface area contributed by atoms with E-state index in [0.717, 1.165) is 6.08 Å². The van der Waals surface area contributed by atoms with Crippen molar-refractivity contribution in [3.8, 4) is 0 Å². The second-order valence-electron chi connectivity index (χ2n) is 4.13. The molecule has 0 aliphatic rings. The Morgan fingerprint density at radius 3 is 2.05 bits per heavy atom. The maximum Gasteiger partial charge on any atom is 0.389 e. The molecule has 0 aliphatic heterocycles. The normalized spacial score (nSPS) is 13.4. The largest absolute Gasteiger partial charge is 0.462 e. The van der Waals surface area contributed by atoms with E-state index >= 15 is 0 Å². The van der Waals surface area contributed by atoms with E-state index in [0.29, 0.717) is 6.42 Å². The fourth-order valence-electron chi connectivity index (χ4n) is 1.26. The molecule has 2 nitrogen and oxygen atoms in total. The first-order chi connectivity index (χ1) is 9.05. The van der Waals surface area contributed by atoms with Gasteiger partial charge in [-0.05, 0) is 19.3 Å². The molecule has 0 amide bonds. The monoisotopic (exact) mass is 306 g/mol. The molecule has 0 N–H and O–H groups in total. The van der Waals surface area contributed by atoms with Crippen molar-refractivity contribution in [3.63, 3.8) is 0 Å². The Hall–Kier alpha value is -1.21. The van der Waals surface area contributed by atoms with Gasteiger partial charge in [0.1, 0.15) is 0 Å². The fraction of sp³-hybridized carbons (Fsp3) is 0.750. The Bertz CT molecular complexity index is 330. The van der Waals surface area contributed by atoms with Crippen molar-refractivity contribution >= 4 is 5.97 Å². The van der Waals surface area contributed by atoms with Crippen LogP contribution in [0.4, 0.5) is 26.3 Å². The summed E-state index contributed by atoms with van der Waals surface area (Å²) in [5.74, 6) is -0.988. The zero-order valence-electron chi connectivity index (χ0n) is 10.9. The lowest BCUT2D eigenvalue weighted by Crippen LogP contribution is -2.14. The Balaban J connectivity index is 4.60. The summed E-state index contributed by atoms with van der Waals surface area (Å²) in [7, 11) is 0. The molecule has 0 aliphatic carbocycles. The lowest BCUT2D eigenvalue weighted by molar-refractivity contribution is -0.142. The predicted molar refractivity (Wildman–Crippen MR) is 59.9 cm³/mol. The highest BCUT2D eigenvalue weighted by molar-refractivity contribution is 5.88. The third-order valence-corrected chi connectivity index (χ3v) is 2.20. The Labute approximate surface area is 112 Å². The maximum atomic E-state index is 12.1. The molecule has 0 atom stereocenters. The molecule has 0 aromatic rings. The SMILES string of the molecule is CCCOC(=O)C(=CCCC(F)(F)F)CCC(F)(F)F. The minimum atomic E-state index is -4.48. The van der Waals surface area contributed by atoms with Crippen LogP contribution in [0.1, 0.15) is 39.0 Å². The maximum absolute atomic E-state index is 12.1. The lowest BCUT2D eigenvalue weighted by Gasteiger charge is -2.10. The number of halogens is 6. The summed E-state index contributed by atoms with van der Waals surface area (Å²) in [5.41, 5.74) is -0.361. The first-order valence-electron chi connectivity index (χ1n) is 6.05. The van der Waals surface area contributed by atoms with Crippen molar-refractivity contribution in [1.82, 2.24) is 0 Å². The zero-order chi connectivity index (χ0) is 15.8. The van der Waals surface area contributed by atoms with Gasteiger partial charge in [-0.1, -0.05) is 13.0 Å². The fourth-order valence-corrected chi connectivity index (χ4v) is 1.26. The van der Waals surface area contributed by atoms with Gasteiger partial charge in [0, 0.05) is 18.4 Å². The number of carbonyl (C=O) groups excluding carboxylic acids is 1. The highest BCUT2D eigenvalue weighted by atomic mass is 19.4. The summed E-state index contributed by atoms with van der Waals surface area (Å²) >= 11 is 0. The van der Waals surface area contributed by atoms with Crippen molar-refractivity contribution < 1.29 is 35.9 Å². The van der Waals surface area contributed by atoms with E-state index in [2.05, 4.69) is 4.74 Å². The molecule has 0 saturated carbocycles. The van der Waals surface area contributed by atoms with Crippen molar-refractivity contribution in [1.29, 1.82) is 0 Å². The average molecular weight is 306 g/mol. The lowest BCUT2D eigenvalue weighted by atomic mass is 10.1. The van der Waals surface area contributed by atoms with Gasteiger partial charge < -0.3 is 4.74 Å². The molecular weight excluding hydrogens is 290 g/mol. The van der Waals surface area contributed by atoms with Crippen LogP contribution >= 0.6 is 0 Å². The quantitative estimate of drug-likeness (QED) is 0.392. The second kappa shape index (κ2) is 8.16. The van der Waals surface area contributed by atoms with E-state index in [9.17, 15) is 31.1 Å². The van der Waals surface area contributed by atoms with Gasteiger partial charge >= 0.3 is 18.3 Å². The average Bonchev–Trinajstić information content (AvgIpc) is 2.27. The van der Waals surface area contributed by atoms with E-state index in [4.69, 9.17) is 0 Å². The van der Waals surface area contributed by atoms with E-state index in [1.54, 1.807) is 6.92 Å². The van der Waals surface area contributed by atoms with Crippen LogP contribution in [0.5, 0.6) is 0 Å². The van der Waals surface area contributed by atoms with Crippen molar-refractivity contribution in [2.24, 2.45) is 0 Å². The first kappa shape index (κ1) is 18.8. The van der Waals surface area contributed by atoms with E-state index in [-0.39, 0.29) is 12.2 Å². The third kappa shape index (κ3) is 10.7. The summed E-state index contributed by atoms with van der Waals surface area (Å²) in [5, 5.41) is 0. The van der Waals surface area contributed by atoms with Crippen LogP contribution in [-0.2, 0) is 9.53 Å². The molecule has 0 aromatic heterocycles. The molecule has 0 rings (SSSR count). The zero-order valence-corrected chi connectivity index (χ0v) is 10.9. The standard InChI is InChI=1S/C12H16F6O2/c1-2-8-20-10(19)9(5-7-12(16,17)18)4-3-6-11(13,14)15/h4H,2-3,5-8H2,1H3. The molecule has 118 valence electrons. The molecule has 0 bridgehead atoms. The summed E-state index contributed by atoms with van der Waals surface area (Å²) in [4.78, 5) is 11.4. The molecule has 0 aromatic carbocycles. The smallest absolute Gasteiger partial charge is 0.389 e. The van der Waals surface area contributed by atoms with Gasteiger partial charge in [-0.25, -0.2) is 4.79 Å². The number of hydrogen-bond donors (Lipinski definition) is 0. The number of ether oxygens (including phenoxy) is 1. The number of hydrogen-bond acceptors (Lipinski definition) is 2. The highest BCUT2D eigenvalue weighted by Crippen LogP contribution is 2.26. The number of allylic oxidation sites excluding steroid dienone is 1. The summed E-state index contributed by atoms with van der Waals surface area (Å²) in [6.07, 6.45) is -11.2. The minimum Gasteiger partial charge on any atom is -0.462 e. The first-order valence-corrected chi connectivity index (χ1v) is 6.05. The minimum absolute atomic E-state index is 0.0153. The van der Waals surface area contributed by atoms with Crippen molar-refractivity contribution in [3.05, 3.63) is 11.6 Å². The van der Waals surface area contributed by atoms with Gasteiger partial charge in [-0.15, -0.1) is 0 Å². The topological polar surface area (TPSA) is 26.3 Å². The second-order valence-corrected chi connectivity index (χ2v) is 4.13. The van der Waals surface area contributed by atoms with E-state index in [1.165, 1.54) is 0 Å². The van der Waals surface area contributed by atoms with Crippen LogP contribution in [0.25, 0.3) is 0 Å². The molecular formula is C12H16F6O2. The molecule has 8 heteroatoms. The molecule has 0 spiro atoms. The van der Waals surface area contributed by atoms with Crippen LogP contribution < -0.4 is 0 Å². The predicted octanol–water partition coefficient (Wildman–Crippen LogP) is 4.55.